The average Bonchev–Trinajstić information content (AvgIpc) is 2.65. The van der Waals surface area contributed by atoms with Crippen LogP contribution in [0.4, 0.5) is 0 Å². The Labute approximate surface area is 167 Å². The van der Waals surface area contributed by atoms with E-state index in [-0.39, 0.29) is 25.0 Å². The summed E-state index contributed by atoms with van der Waals surface area (Å²) < 4.78 is 30.8. The molecule has 2 aromatic carbocycles. The zero-order valence-corrected chi connectivity index (χ0v) is 17.6. The van der Waals surface area contributed by atoms with E-state index in [1.165, 1.54) is 4.31 Å². The van der Waals surface area contributed by atoms with Crippen LogP contribution in [0, 0.1) is 6.92 Å². The molecule has 152 valence electrons. The molecule has 0 radical (unpaired) electrons. The molecule has 0 aliphatic heterocycles. The van der Waals surface area contributed by atoms with E-state index in [1.54, 1.807) is 7.11 Å². The normalized spacial score (nSPS) is 12.6. The Morgan fingerprint density at radius 2 is 1.86 bits per heavy atom. The van der Waals surface area contributed by atoms with Crippen LogP contribution in [0.1, 0.15) is 36.1 Å². The molecule has 2 aromatic rings. The monoisotopic (exact) mass is 404 g/mol. The summed E-state index contributed by atoms with van der Waals surface area (Å²) in [6.07, 6.45) is 1.81. The lowest BCUT2D eigenvalue weighted by Gasteiger charge is -2.23. The fraction of sp³-hybridized carbons (Fsp3) is 0.381. The van der Waals surface area contributed by atoms with Crippen LogP contribution < -0.4 is 10.1 Å². The van der Waals surface area contributed by atoms with E-state index in [0.717, 1.165) is 28.7 Å². The van der Waals surface area contributed by atoms with Crippen molar-refractivity contribution in [1.82, 2.24) is 9.62 Å². The first-order valence-corrected chi connectivity index (χ1v) is 11.0. The summed E-state index contributed by atoms with van der Waals surface area (Å²) in [4.78, 5) is 12.6. The number of rotatable bonds is 9. The third kappa shape index (κ3) is 6.07. The number of hydrogen-bond donors (Lipinski definition) is 1. The minimum Gasteiger partial charge on any atom is -0.496 e. The van der Waals surface area contributed by atoms with E-state index in [1.807, 2.05) is 62.4 Å². The number of hydrogen-bond acceptors (Lipinski definition) is 4. The van der Waals surface area contributed by atoms with Gasteiger partial charge in [0.15, 0.2) is 0 Å². The maximum Gasteiger partial charge on any atom is 0.235 e. The van der Waals surface area contributed by atoms with Crippen LogP contribution in [0.3, 0.4) is 0 Å². The number of ether oxygens (including phenoxy) is 1. The number of aryl methyl sites for hydroxylation is 1. The van der Waals surface area contributed by atoms with Crippen LogP contribution in [0.2, 0.25) is 0 Å². The summed E-state index contributed by atoms with van der Waals surface area (Å²) in [5.41, 5.74) is 2.77. The van der Waals surface area contributed by atoms with Crippen LogP contribution in [0.15, 0.2) is 48.5 Å². The van der Waals surface area contributed by atoms with Gasteiger partial charge in [0.1, 0.15) is 5.75 Å². The van der Waals surface area contributed by atoms with Gasteiger partial charge in [-0.05, 0) is 36.1 Å². The Kier molecular flexibility index (Phi) is 7.60. The Hall–Kier alpha value is -2.38. The van der Waals surface area contributed by atoms with Crippen molar-refractivity contribution in [3.05, 3.63) is 65.2 Å². The predicted octanol–water partition coefficient (Wildman–Crippen LogP) is 3.03. The molecule has 2 rings (SSSR count). The summed E-state index contributed by atoms with van der Waals surface area (Å²) in [6.45, 7) is 3.86. The van der Waals surface area contributed by atoms with Gasteiger partial charge in [0.2, 0.25) is 15.9 Å². The molecule has 28 heavy (non-hydrogen) atoms. The number of amides is 1. The van der Waals surface area contributed by atoms with E-state index < -0.39 is 10.0 Å². The number of methoxy groups -OCH3 is 1. The van der Waals surface area contributed by atoms with Gasteiger partial charge < -0.3 is 10.1 Å². The van der Waals surface area contributed by atoms with Crippen LogP contribution >= 0.6 is 0 Å². The lowest BCUT2D eigenvalue weighted by molar-refractivity contribution is -0.122. The molecule has 0 saturated carbocycles. The summed E-state index contributed by atoms with van der Waals surface area (Å²) >= 11 is 0. The number of carbonyl (C=O) groups excluding carboxylic acids is 1. The summed E-state index contributed by atoms with van der Waals surface area (Å²) in [7, 11) is -1.91. The first kappa shape index (κ1) is 21.9. The van der Waals surface area contributed by atoms with Crippen LogP contribution in [-0.4, -0.2) is 38.5 Å². The number of carbonyl (C=O) groups is 1. The SMILES string of the molecule is CC[C@H](NC(=O)CN(Cc1ccccc1)S(C)(=O)=O)c1ccc(OC)c(C)c1. The lowest BCUT2D eigenvalue weighted by Crippen LogP contribution is -2.41. The van der Waals surface area contributed by atoms with Crippen molar-refractivity contribution in [2.45, 2.75) is 32.9 Å². The number of nitrogens with zero attached hydrogens (tertiary/aromatic N) is 1. The second-order valence-electron chi connectivity index (χ2n) is 6.77. The van der Waals surface area contributed by atoms with Crippen molar-refractivity contribution in [3.8, 4) is 5.75 Å². The molecule has 0 bridgehead atoms. The highest BCUT2D eigenvalue weighted by molar-refractivity contribution is 7.88. The van der Waals surface area contributed by atoms with Gasteiger partial charge in [0.25, 0.3) is 0 Å². The standard InChI is InChI=1S/C21H28N2O4S/c1-5-19(18-11-12-20(27-3)16(2)13-18)22-21(24)15-23(28(4,25)26)14-17-9-7-6-8-10-17/h6-13,19H,5,14-15H2,1-4H3,(H,22,24)/t19-/m0/s1. The molecule has 0 aromatic heterocycles. The molecule has 0 heterocycles. The predicted molar refractivity (Wildman–Crippen MR) is 111 cm³/mol. The van der Waals surface area contributed by atoms with Crippen molar-refractivity contribution in [2.75, 3.05) is 19.9 Å². The molecule has 1 N–H and O–H groups in total. The number of benzene rings is 2. The van der Waals surface area contributed by atoms with E-state index in [4.69, 9.17) is 4.74 Å². The molecule has 0 saturated heterocycles. The molecule has 7 heteroatoms. The largest absolute Gasteiger partial charge is 0.496 e. The van der Waals surface area contributed by atoms with Gasteiger partial charge in [0.05, 0.1) is 26.0 Å². The van der Waals surface area contributed by atoms with Crippen molar-refractivity contribution < 1.29 is 17.9 Å². The van der Waals surface area contributed by atoms with Gasteiger partial charge in [0, 0.05) is 6.54 Å². The Bertz CT molecular complexity index is 898. The van der Waals surface area contributed by atoms with Gasteiger partial charge >= 0.3 is 0 Å². The maximum atomic E-state index is 12.6. The Balaban J connectivity index is 2.11. The molecule has 0 aliphatic carbocycles. The van der Waals surface area contributed by atoms with Gasteiger partial charge in [-0.3, -0.25) is 4.79 Å². The third-order valence-corrected chi connectivity index (χ3v) is 5.75. The van der Waals surface area contributed by atoms with Crippen LogP contribution in [0.5, 0.6) is 5.75 Å². The van der Waals surface area contributed by atoms with Crippen molar-refractivity contribution in [3.63, 3.8) is 0 Å². The highest BCUT2D eigenvalue weighted by Gasteiger charge is 2.22. The van der Waals surface area contributed by atoms with E-state index >= 15 is 0 Å². The summed E-state index contributed by atoms with van der Waals surface area (Å²) in [6, 6.07) is 14.8. The summed E-state index contributed by atoms with van der Waals surface area (Å²) in [5, 5.41) is 2.95. The molecule has 0 aliphatic rings. The first-order chi connectivity index (χ1) is 13.2. The second-order valence-corrected chi connectivity index (χ2v) is 8.76. The summed E-state index contributed by atoms with van der Waals surface area (Å²) in [5.74, 6) is 0.456. The number of sulfonamides is 1. The fourth-order valence-electron chi connectivity index (χ4n) is 3.02. The van der Waals surface area contributed by atoms with E-state index in [9.17, 15) is 13.2 Å². The van der Waals surface area contributed by atoms with Crippen LogP contribution in [-0.2, 0) is 21.4 Å². The zero-order chi connectivity index (χ0) is 20.7. The highest BCUT2D eigenvalue weighted by Crippen LogP contribution is 2.24. The smallest absolute Gasteiger partial charge is 0.235 e. The lowest BCUT2D eigenvalue weighted by atomic mass is 10.0. The maximum absolute atomic E-state index is 12.6. The molecule has 0 spiro atoms. The molecule has 0 fully saturated rings. The van der Waals surface area contributed by atoms with Gasteiger partial charge in [-0.25, -0.2) is 8.42 Å². The first-order valence-electron chi connectivity index (χ1n) is 9.17. The minimum atomic E-state index is -3.53. The van der Waals surface area contributed by atoms with Crippen molar-refractivity contribution in [1.29, 1.82) is 0 Å². The highest BCUT2D eigenvalue weighted by atomic mass is 32.2. The number of nitrogens with one attached hydrogen (secondary N) is 1. The van der Waals surface area contributed by atoms with Crippen molar-refractivity contribution in [2.24, 2.45) is 0 Å². The van der Waals surface area contributed by atoms with E-state index in [0.29, 0.717) is 6.42 Å². The van der Waals surface area contributed by atoms with Gasteiger partial charge in [-0.15, -0.1) is 0 Å². The molecular weight excluding hydrogens is 376 g/mol. The zero-order valence-electron chi connectivity index (χ0n) is 16.8. The minimum absolute atomic E-state index is 0.158. The van der Waals surface area contributed by atoms with Crippen LogP contribution in [0.25, 0.3) is 0 Å². The quantitative estimate of drug-likeness (QED) is 0.697. The van der Waals surface area contributed by atoms with Crippen molar-refractivity contribution >= 4 is 15.9 Å². The van der Waals surface area contributed by atoms with Gasteiger partial charge in [-0.2, -0.15) is 4.31 Å². The molecular formula is C21H28N2O4S. The molecule has 1 atom stereocenters. The van der Waals surface area contributed by atoms with E-state index in [2.05, 4.69) is 5.32 Å². The molecule has 1 amide bonds. The fourth-order valence-corrected chi connectivity index (χ4v) is 3.75. The molecule has 6 nitrogen and oxygen atoms in total. The second kappa shape index (κ2) is 9.71. The molecule has 0 unspecified atom stereocenters. The Morgan fingerprint density at radius 3 is 2.39 bits per heavy atom. The third-order valence-electron chi connectivity index (χ3n) is 4.56. The van der Waals surface area contributed by atoms with Gasteiger partial charge in [-0.1, -0.05) is 49.4 Å². The Morgan fingerprint density at radius 1 is 1.18 bits per heavy atom. The topological polar surface area (TPSA) is 75.7 Å². The average molecular weight is 405 g/mol.